The number of aromatic nitrogens is 4. The number of nitrogens with one attached hydrogen (secondary N) is 2. The Bertz CT molecular complexity index is 1540. The Hall–Kier alpha value is -4.61. The topological polar surface area (TPSA) is 129 Å². The number of amides is 2. The molecule has 2 amide bonds. The Labute approximate surface area is 238 Å². The van der Waals surface area contributed by atoms with Crippen LogP contribution in [0.1, 0.15) is 27.0 Å². The van der Waals surface area contributed by atoms with Gasteiger partial charge in [-0.1, -0.05) is 12.1 Å². The fourth-order valence-electron chi connectivity index (χ4n) is 4.78. The minimum atomic E-state index is -0.449. The summed E-state index contributed by atoms with van der Waals surface area (Å²) < 4.78 is 1.73. The molecule has 1 saturated heterocycles. The van der Waals surface area contributed by atoms with Crippen molar-refractivity contribution in [1.29, 1.82) is 0 Å². The first-order valence-electron chi connectivity index (χ1n) is 13.5. The molecular weight excluding hydrogens is 520 g/mol. The SMILES string of the molecule is Cc1ccc(CN2CCN(C(=O)CO)CC2)cc1NC(=O)c1ccc(Nc2ncc(C)c(-c3cnn(C)c3)n2)cc1. The molecule has 1 fully saturated rings. The predicted molar refractivity (Wildman–Crippen MR) is 157 cm³/mol. The molecule has 0 bridgehead atoms. The summed E-state index contributed by atoms with van der Waals surface area (Å²) in [5.74, 6) is 0.0335. The first-order valence-corrected chi connectivity index (χ1v) is 13.5. The van der Waals surface area contributed by atoms with E-state index < -0.39 is 6.61 Å². The van der Waals surface area contributed by atoms with E-state index in [0.717, 1.165) is 52.4 Å². The minimum Gasteiger partial charge on any atom is -0.387 e. The Balaban J connectivity index is 1.20. The summed E-state index contributed by atoms with van der Waals surface area (Å²) in [7, 11) is 1.86. The highest BCUT2D eigenvalue weighted by Crippen LogP contribution is 2.24. The summed E-state index contributed by atoms with van der Waals surface area (Å²) in [6.07, 6.45) is 5.45. The van der Waals surface area contributed by atoms with E-state index in [4.69, 9.17) is 5.11 Å². The van der Waals surface area contributed by atoms with Gasteiger partial charge >= 0.3 is 0 Å². The maximum atomic E-state index is 13.1. The number of nitrogens with zero attached hydrogens (tertiary/aromatic N) is 6. The van der Waals surface area contributed by atoms with Crippen molar-refractivity contribution < 1.29 is 14.7 Å². The second-order valence-corrected chi connectivity index (χ2v) is 10.2. The molecule has 3 heterocycles. The van der Waals surface area contributed by atoms with Crippen LogP contribution < -0.4 is 10.6 Å². The molecule has 0 unspecified atom stereocenters. The van der Waals surface area contributed by atoms with Crippen molar-refractivity contribution in [3.63, 3.8) is 0 Å². The van der Waals surface area contributed by atoms with Gasteiger partial charge in [0.2, 0.25) is 11.9 Å². The molecule has 2 aromatic heterocycles. The van der Waals surface area contributed by atoms with Crippen LogP contribution in [0.15, 0.2) is 61.1 Å². The zero-order chi connectivity index (χ0) is 28.9. The first kappa shape index (κ1) is 27.9. The van der Waals surface area contributed by atoms with Crippen LogP contribution in [0.25, 0.3) is 11.3 Å². The molecular formula is C30H34N8O3. The third-order valence-corrected chi connectivity index (χ3v) is 7.17. The normalized spacial score (nSPS) is 13.7. The van der Waals surface area contributed by atoms with Crippen LogP contribution in [0.3, 0.4) is 0 Å². The minimum absolute atomic E-state index is 0.196. The largest absolute Gasteiger partial charge is 0.387 e. The molecule has 3 N–H and O–H groups in total. The van der Waals surface area contributed by atoms with Crippen LogP contribution in [0.5, 0.6) is 0 Å². The van der Waals surface area contributed by atoms with Crippen LogP contribution in [-0.2, 0) is 18.4 Å². The van der Waals surface area contributed by atoms with Gasteiger partial charge in [0.15, 0.2) is 0 Å². The zero-order valence-electron chi connectivity index (χ0n) is 23.5. The number of piperazine rings is 1. The van der Waals surface area contributed by atoms with E-state index >= 15 is 0 Å². The highest BCUT2D eigenvalue weighted by Gasteiger charge is 2.20. The van der Waals surface area contributed by atoms with E-state index in [2.05, 4.69) is 36.7 Å². The van der Waals surface area contributed by atoms with Gasteiger partial charge in [-0.25, -0.2) is 9.97 Å². The number of anilines is 3. The van der Waals surface area contributed by atoms with Crippen LogP contribution in [-0.4, -0.2) is 79.3 Å². The summed E-state index contributed by atoms with van der Waals surface area (Å²) in [6, 6.07) is 13.2. The number of hydrogen-bond donors (Lipinski definition) is 3. The van der Waals surface area contributed by atoms with Crippen LogP contribution in [0, 0.1) is 13.8 Å². The molecule has 1 aliphatic heterocycles. The highest BCUT2D eigenvalue weighted by atomic mass is 16.3. The molecule has 2 aromatic carbocycles. The Morgan fingerprint density at radius 1 is 0.976 bits per heavy atom. The molecule has 4 aromatic rings. The van der Waals surface area contributed by atoms with Gasteiger partial charge in [-0.2, -0.15) is 5.10 Å². The lowest BCUT2D eigenvalue weighted by atomic mass is 10.1. The Kier molecular flexibility index (Phi) is 8.37. The van der Waals surface area contributed by atoms with Gasteiger partial charge in [0, 0.05) is 74.7 Å². The van der Waals surface area contributed by atoms with Crippen molar-refractivity contribution in [2.75, 3.05) is 43.4 Å². The second kappa shape index (κ2) is 12.3. The van der Waals surface area contributed by atoms with Crippen LogP contribution in [0.4, 0.5) is 17.3 Å². The number of rotatable bonds is 8. The third-order valence-electron chi connectivity index (χ3n) is 7.17. The van der Waals surface area contributed by atoms with Gasteiger partial charge in [0.1, 0.15) is 6.61 Å². The van der Waals surface area contributed by atoms with E-state index in [9.17, 15) is 9.59 Å². The number of carbonyl (C=O) groups excluding carboxylic acids is 2. The van der Waals surface area contributed by atoms with E-state index in [1.165, 1.54) is 0 Å². The average Bonchev–Trinajstić information content (AvgIpc) is 3.42. The summed E-state index contributed by atoms with van der Waals surface area (Å²) in [4.78, 5) is 37.8. The second-order valence-electron chi connectivity index (χ2n) is 10.2. The molecule has 0 radical (unpaired) electrons. The molecule has 11 nitrogen and oxygen atoms in total. The molecule has 212 valence electrons. The number of aliphatic hydroxyl groups is 1. The van der Waals surface area contributed by atoms with E-state index in [-0.39, 0.29) is 11.8 Å². The van der Waals surface area contributed by atoms with Crippen molar-refractivity contribution >= 4 is 29.1 Å². The highest BCUT2D eigenvalue weighted by molar-refractivity contribution is 6.04. The smallest absolute Gasteiger partial charge is 0.255 e. The summed E-state index contributed by atoms with van der Waals surface area (Å²) >= 11 is 0. The summed E-state index contributed by atoms with van der Waals surface area (Å²) in [5, 5.41) is 19.6. The van der Waals surface area contributed by atoms with Crippen molar-refractivity contribution in [3.05, 3.63) is 83.3 Å². The molecule has 1 aliphatic rings. The molecule has 5 rings (SSSR count). The van der Waals surface area contributed by atoms with Gasteiger partial charge in [0.05, 0.1) is 11.9 Å². The molecule has 0 saturated carbocycles. The average molecular weight is 555 g/mol. The number of carbonyl (C=O) groups is 2. The van der Waals surface area contributed by atoms with E-state index in [1.54, 1.807) is 34.1 Å². The summed E-state index contributed by atoms with van der Waals surface area (Å²) in [6.45, 7) is 6.86. The fourth-order valence-corrected chi connectivity index (χ4v) is 4.78. The van der Waals surface area contributed by atoms with Gasteiger partial charge in [-0.05, 0) is 60.9 Å². The van der Waals surface area contributed by atoms with Gasteiger partial charge in [0.25, 0.3) is 5.91 Å². The van der Waals surface area contributed by atoms with E-state index in [0.29, 0.717) is 31.1 Å². The lowest BCUT2D eigenvalue weighted by molar-refractivity contribution is -0.136. The van der Waals surface area contributed by atoms with Crippen LogP contribution in [0.2, 0.25) is 0 Å². The number of aryl methyl sites for hydroxylation is 3. The molecule has 0 aliphatic carbocycles. The zero-order valence-corrected chi connectivity index (χ0v) is 23.5. The monoisotopic (exact) mass is 554 g/mol. The fraction of sp³-hybridized carbons (Fsp3) is 0.300. The Morgan fingerprint density at radius 3 is 2.41 bits per heavy atom. The van der Waals surface area contributed by atoms with Crippen LogP contribution >= 0.6 is 0 Å². The quantitative estimate of drug-likeness (QED) is 0.303. The van der Waals surface area contributed by atoms with Crippen molar-refractivity contribution in [3.8, 4) is 11.3 Å². The maximum absolute atomic E-state index is 13.1. The standard InChI is InChI=1S/C30H34N8O3/c1-20-4-5-22(17-37-10-12-38(13-11-37)27(40)19-39)14-26(20)34-29(41)23-6-8-25(9-7-23)33-30-31-15-21(2)28(35-30)24-16-32-36(3)18-24/h4-9,14-16,18,39H,10-13,17,19H2,1-3H3,(H,34,41)(H,31,33,35). The lowest BCUT2D eigenvalue weighted by Crippen LogP contribution is -2.49. The third kappa shape index (κ3) is 6.76. The summed E-state index contributed by atoms with van der Waals surface area (Å²) in [5.41, 5.74) is 6.79. The van der Waals surface area contributed by atoms with Crippen molar-refractivity contribution in [2.24, 2.45) is 7.05 Å². The van der Waals surface area contributed by atoms with Crippen molar-refractivity contribution in [2.45, 2.75) is 20.4 Å². The molecule has 0 spiro atoms. The predicted octanol–water partition coefficient (Wildman–Crippen LogP) is 3.13. The number of aliphatic hydroxyl groups excluding tert-OH is 1. The number of hydrogen-bond acceptors (Lipinski definition) is 8. The molecule has 11 heteroatoms. The first-order chi connectivity index (χ1) is 19.8. The molecule has 41 heavy (non-hydrogen) atoms. The number of benzene rings is 2. The molecule has 0 atom stereocenters. The van der Waals surface area contributed by atoms with Crippen molar-refractivity contribution in [1.82, 2.24) is 29.5 Å². The van der Waals surface area contributed by atoms with E-state index in [1.807, 2.05) is 51.4 Å². The van der Waals surface area contributed by atoms with Gasteiger partial charge < -0.3 is 20.6 Å². The Morgan fingerprint density at radius 2 is 1.73 bits per heavy atom. The van der Waals surface area contributed by atoms with Gasteiger partial charge in [-0.3, -0.25) is 19.2 Å². The lowest BCUT2D eigenvalue weighted by Gasteiger charge is -2.34. The van der Waals surface area contributed by atoms with Gasteiger partial charge in [-0.15, -0.1) is 0 Å². The maximum Gasteiger partial charge on any atom is 0.255 e.